The quantitative estimate of drug-likeness (QED) is 0.402. The van der Waals surface area contributed by atoms with E-state index in [0.29, 0.717) is 18.6 Å². The molecule has 0 aliphatic rings. The highest BCUT2D eigenvalue weighted by molar-refractivity contribution is 5.96. The van der Waals surface area contributed by atoms with Crippen LogP contribution in [-0.4, -0.2) is 54.2 Å². The number of aromatic amines is 1. The Kier molecular flexibility index (Phi) is 8.93. The zero-order valence-corrected chi connectivity index (χ0v) is 19.9. The Balaban J connectivity index is 1.91. The fourth-order valence-corrected chi connectivity index (χ4v) is 3.78. The van der Waals surface area contributed by atoms with E-state index in [4.69, 9.17) is 10.5 Å². The zero-order chi connectivity index (χ0) is 25.4. The number of methoxy groups -OCH3 is 1. The van der Waals surface area contributed by atoms with Gasteiger partial charge in [-0.05, 0) is 25.1 Å². The van der Waals surface area contributed by atoms with Gasteiger partial charge in [0.2, 0.25) is 5.91 Å². The summed E-state index contributed by atoms with van der Waals surface area (Å²) in [4.78, 5) is 43.9. The highest BCUT2D eigenvalue weighted by Crippen LogP contribution is 2.19. The van der Waals surface area contributed by atoms with Gasteiger partial charge in [-0.15, -0.1) is 0 Å². The molecule has 0 aliphatic carbocycles. The second-order valence-corrected chi connectivity index (χ2v) is 8.22. The summed E-state index contributed by atoms with van der Waals surface area (Å²) in [6.45, 7) is 0.734. The number of nitrogen functional groups attached to an aromatic ring is 1. The zero-order valence-electron chi connectivity index (χ0n) is 19.9. The van der Waals surface area contributed by atoms with E-state index in [0.717, 1.165) is 5.56 Å². The van der Waals surface area contributed by atoms with E-state index >= 15 is 0 Å². The van der Waals surface area contributed by atoms with Crippen molar-refractivity contribution in [1.29, 1.82) is 0 Å². The van der Waals surface area contributed by atoms with Crippen molar-refractivity contribution in [2.24, 2.45) is 0 Å². The van der Waals surface area contributed by atoms with Crippen molar-refractivity contribution in [2.75, 3.05) is 44.5 Å². The molecule has 0 spiro atoms. The van der Waals surface area contributed by atoms with Crippen LogP contribution >= 0.6 is 0 Å². The maximum absolute atomic E-state index is 14.1. The fraction of sp³-hybridized carbons (Fsp3) is 0.320. The van der Waals surface area contributed by atoms with E-state index in [1.807, 2.05) is 30.3 Å². The van der Waals surface area contributed by atoms with Gasteiger partial charge >= 0.3 is 5.69 Å². The summed E-state index contributed by atoms with van der Waals surface area (Å²) in [5.74, 6) is -0.885. The lowest BCUT2D eigenvalue weighted by Gasteiger charge is -2.27. The van der Waals surface area contributed by atoms with Gasteiger partial charge in [-0.3, -0.25) is 24.0 Å². The van der Waals surface area contributed by atoms with E-state index in [1.54, 1.807) is 30.1 Å². The van der Waals surface area contributed by atoms with Crippen LogP contribution in [0.3, 0.4) is 0 Å². The van der Waals surface area contributed by atoms with Gasteiger partial charge < -0.3 is 15.4 Å². The minimum Gasteiger partial charge on any atom is -0.385 e. The first-order valence-corrected chi connectivity index (χ1v) is 11.2. The van der Waals surface area contributed by atoms with Crippen molar-refractivity contribution in [2.45, 2.75) is 19.5 Å². The number of anilines is 2. The Bertz CT molecular complexity index is 1260. The highest BCUT2D eigenvalue weighted by atomic mass is 19.1. The summed E-state index contributed by atoms with van der Waals surface area (Å²) in [6, 6.07) is 15.5. The number of carbonyl (C=O) groups excluding carboxylic acids is 1. The van der Waals surface area contributed by atoms with Gasteiger partial charge in [0.1, 0.15) is 11.6 Å². The molecular formula is C25H30FN5O4. The molecule has 0 fully saturated rings. The molecule has 3 N–H and O–H groups in total. The first kappa shape index (κ1) is 25.9. The average molecular weight is 484 g/mol. The lowest BCUT2D eigenvalue weighted by atomic mass is 10.2. The van der Waals surface area contributed by atoms with E-state index in [2.05, 4.69) is 4.98 Å². The molecule has 0 saturated heterocycles. The van der Waals surface area contributed by atoms with Crippen LogP contribution in [0.1, 0.15) is 17.5 Å². The number of H-pyrrole nitrogens is 1. The van der Waals surface area contributed by atoms with Gasteiger partial charge in [0.15, 0.2) is 5.69 Å². The van der Waals surface area contributed by atoms with Gasteiger partial charge in [-0.2, -0.15) is 0 Å². The molecule has 0 unspecified atom stereocenters. The number of rotatable bonds is 11. The first-order valence-electron chi connectivity index (χ1n) is 11.2. The monoisotopic (exact) mass is 483 g/mol. The molecule has 186 valence electrons. The standard InChI is InChI=1S/C25H30FN5O4/c1-29(16-19-11-6-7-12-20(19)26)17-21(32)30(13-8-14-35-2)22-23(27)31(25(34)28-24(22)33)15-18-9-4-3-5-10-18/h3-7,9-12H,8,13-17,27H2,1-2H3,(H,28,33,34). The van der Waals surface area contributed by atoms with E-state index in [-0.39, 0.29) is 43.5 Å². The van der Waals surface area contributed by atoms with Crippen molar-refractivity contribution in [3.05, 3.63) is 92.4 Å². The Morgan fingerprint density at radius 2 is 1.80 bits per heavy atom. The van der Waals surface area contributed by atoms with E-state index in [9.17, 15) is 18.8 Å². The number of likely N-dealkylation sites (N-methyl/N-ethyl adjacent to an activating group) is 1. The van der Waals surface area contributed by atoms with Crippen LogP contribution in [0, 0.1) is 5.82 Å². The molecule has 35 heavy (non-hydrogen) atoms. The van der Waals surface area contributed by atoms with Gasteiger partial charge in [0.05, 0.1) is 13.1 Å². The number of nitrogens with one attached hydrogen (secondary N) is 1. The number of nitrogens with zero attached hydrogens (tertiary/aromatic N) is 3. The maximum Gasteiger partial charge on any atom is 0.330 e. The number of hydrogen-bond donors (Lipinski definition) is 2. The Morgan fingerprint density at radius 1 is 1.11 bits per heavy atom. The van der Waals surface area contributed by atoms with E-state index in [1.165, 1.54) is 22.6 Å². The summed E-state index contributed by atoms with van der Waals surface area (Å²) in [6.07, 6.45) is 0.440. The first-order chi connectivity index (χ1) is 16.8. The summed E-state index contributed by atoms with van der Waals surface area (Å²) in [7, 11) is 3.22. The normalized spacial score (nSPS) is 11.1. The van der Waals surface area contributed by atoms with E-state index < -0.39 is 17.2 Å². The molecule has 0 bridgehead atoms. The highest BCUT2D eigenvalue weighted by Gasteiger charge is 2.25. The molecule has 1 aromatic heterocycles. The third kappa shape index (κ3) is 6.65. The third-order valence-corrected chi connectivity index (χ3v) is 5.50. The Morgan fingerprint density at radius 3 is 2.49 bits per heavy atom. The van der Waals surface area contributed by atoms with Crippen molar-refractivity contribution in [3.8, 4) is 0 Å². The number of nitrogens with two attached hydrogens (primary N) is 1. The second kappa shape index (κ2) is 12.1. The number of aromatic nitrogens is 2. The van der Waals surface area contributed by atoms with Crippen LogP contribution in [0.25, 0.3) is 0 Å². The van der Waals surface area contributed by atoms with Crippen molar-refractivity contribution in [1.82, 2.24) is 14.5 Å². The van der Waals surface area contributed by atoms with Crippen molar-refractivity contribution in [3.63, 3.8) is 0 Å². The smallest absolute Gasteiger partial charge is 0.330 e. The lowest BCUT2D eigenvalue weighted by Crippen LogP contribution is -2.45. The topological polar surface area (TPSA) is 114 Å². The molecule has 9 nitrogen and oxygen atoms in total. The summed E-state index contributed by atoms with van der Waals surface area (Å²) < 4.78 is 20.4. The Labute approximate surface area is 202 Å². The molecular weight excluding hydrogens is 453 g/mol. The summed E-state index contributed by atoms with van der Waals surface area (Å²) in [5, 5.41) is 0. The second-order valence-electron chi connectivity index (χ2n) is 8.22. The number of benzene rings is 2. The number of amides is 1. The number of carbonyl (C=O) groups is 1. The van der Waals surface area contributed by atoms with Crippen molar-refractivity contribution < 1.29 is 13.9 Å². The molecule has 10 heteroatoms. The van der Waals surface area contributed by atoms with Crippen LogP contribution in [0.4, 0.5) is 15.9 Å². The van der Waals surface area contributed by atoms with Gasteiger partial charge in [0.25, 0.3) is 5.56 Å². The third-order valence-electron chi connectivity index (χ3n) is 5.50. The van der Waals surface area contributed by atoms with Crippen molar-refractivity contribution >= 4 is 17.4 Å². The van der Waals surface area contributed by atoms with Crippen LogP contribution in [0.15, 0.2) is 64.2 Å². The molecule has 1 heterocycles. The molecule has 3 rings (SSSR count). The molecule has 2 aromatic carbocycles. The Hall–Kier alpha value is -3.76. The van der Waals surface area contributed by atoms with Gasteiger partial charge in [0, 0.05) is 32.4 Å². The molecule has 0 aliphatic heterocycles. The average Bonchev–Trinajstić information content (AvgIpc) is 2.82. The minimum absolute atomic E-state index is 0.0964. The summed E-state index contributed by atoms with van der Waals surface area (Å²) >= 11 is 0. The fourth-order valence-electron chi connectivity index (χ4n) is 3.78. The predicted molar refractivity (Wildman–Crippen MR) is 133 cm³/mol. The maximum atomic E-state index is 14.1. The molecule has 0 atom stereocenters. The van der Waals surface area contributed by atoms with Crippen LogP contribution in [-0.2, 0) is 22.6 Å². The SMILES string of the molecule is COCCCN(C(=O)CN(C)Cc1ccccc1F)c1c(N)n(Cc2ccccc2)c(=O)[nH]c1=O. The molecule has 0 radical (unpaired) electrons. The van der Waals surface area contributed by atoms with Gasteiger partial charge in [-0.1, -0.05) is 48.5 Å². The minimum atomic E-state index is -0.751. The van der Waals surface area contributed by atoms with Gasteiger partial charge in [-0.25, -0.2) is 9.18 Å². The number of ether oxygens (including phenoxy) is 1. The number of hydrogen-bond acceptors (Lipinski definition) is 6. The summed E-state index contributed by atoms with van der Waals surface area (Å²) in [5.41, 5.74) is 6.05. The number of halogens is 1. The van der Waals surface area contributed by atoms with Crippen LogP contribution in [0.2, 0.25) is 0 Å². The van der Waals surface area contributed by atoms with Crippen LogP contribution < -0.4 is 21.9 Å². The molecule has 0 saturated carbocycles. The molecule has 3 aromatic rings. The largest absolute Gasteiger partial charge is 0.385 e. The molecule has 1 amide bonds. The van der Waals surface area contributed by atoms with Crippen LogP contribution in [0.5, 0.6) is 0 Å². The predicted octanol–water partition coefficient (Wildman–Crippen LogP) is 1.81. The lowest BCUT2D eigenvalue weighted by molar-refractivity contribution is -0.119.